The number of halogens is 2. The van der Waals surface area contributed by atoms with Gasteiger partial charge in [0.25, 0.3) is 5.56 Å². The summed E-state index contributed by atoms with van der Waals surface area (Å²) in [5.74, 6) is 0.320. The Labute approximate surface area is 145 Å². The summed E-state index contributed by atoms with van der Waals surface area (Å²) in [6, 6.07) is 5.24. The summed E-state index contributed by atoms with van der Waals surface area (Å²) in [7, 11) is 1.96. The molecular formula is C18H20Cl2N2O. The van der Waals surface area contributed by atoms with Crippen molar-refractivity contribution in [1.29, 1.82) is 0 Å². The van der Waals surface area contributed by atoms with Crippen LogP contribution in [0.4, 0.5) is 0 Å². The van der Waals surface area contributed by atoms with Crippen molar-refractivity contribution in [3.63, 3.8) is 0 Å². The van der Waals surface area contributed by atoms with Gasteiger partial charge in [-0.2, -0.15) is 0 Å². The van der Waals surface area contributed by atoms with Gasteiger partial charge in [-0.1, -0.05) is 44.0 Å². The van der Waals surface area contributed by atoms with Gasteiger partial charge in [-0.05, 0) is 42.4 Å². The average molecular weight is 351 g/mol. The molecule has 2 unspecified atom stereocenters. The smallest absolute Gasteiger partial charge is 0.275 e. The van der Waals surface area contributed by atoms with Crippen molar-refractivity contribution in [2.24, 2.45) is 12.5 Å². The van der Waals surface area contributed by atoms with Crippen LogP contribution in [0.1, 0.15) is 50.8 Å². The maximum Gasteiger partial charge on any atom is 0.275 e. The first-order valence-electron chi connectivity index (χ1n) is 7.98. The molecule has 0 N–H and O–H groups in total. The molecule has 1 fully saturated rings. The summed E-state index contributed by atoms with van der Waals surface area (Å²) in [4.78, 5) is 13.2. The summed E-state index contributed by atoms with van der Waals surface area (Å²) in [5.41, 5.74) is 2.99. The molecule has 1 aromatic heterocycles. The highest BCUT2D eigenvalue weighted by molar-refractivity contribution is 6.34. The second-order valence-corrected chi connectivity index (χ2v) is 8.49. The molecule has 2 atom stereocenters. The molecule has 0 spiro atoms. The normalized spacial score (nSPS) is 27.5. The van der Waals surface area contributed by atoms with Crippen molar-refractivity contribution in [2.75, 3.05) is 0 Å². The second-order valence-electron chi connectivity index (χ2n) is 7.64. The lowest BCUT2D eigenvalue weighted by atomic mass is 9.70. The van der Waals surface area contributed by atoms with Gasteiger partial charge in [0.15, 0.2) is 0 Å². The molecule has 122 valence electrons. The topological polar surface area (TPSA) is 26.9 Å². The van der Waals surface area contributed by atoms with Crippen LogP contribution in [0.15, 0.2) is 23.0 Å². The summed E-state index contributed by atoms with van der Waals surface area (Å²) in [5, 5.41) is 1.11. The monoisotopic (exact) mass is 350 g/mol. The van der Waals surface area contributed by atoms with Crippen LogP contribution in [0.5, 0.6) is 0 Å². The molecule has 0 saturated heterocycles. The Kier molecular flexibility index (Phi) is 2.97. The maximum absolute atomic E-state index is 13.2. The number of hydrogen-bond acceptors (Lipinski definition) is 1. The first kappa shape index (κ1) is 15.3. The van der Waals surface area contributed by atoms with E-state index in [-0.39, 0.29) is 16.4 Å². The average Bonchev–Trinajstić information content (AvgIpc) is 2.94. The highest BCUT2D eigenvalue weighted by Crippen LogP contribution is 2.66. The van der Waals surface area contributed by atoms with E-state index in [0.717, 1.165) is 18.4 Å². The van der Waals surface area contributed by atoms with Gasteiger partial charge in [-0.15, -0.1) is 0 Å². The molecule has 2 aromatic rings. The van der Waals surface area contributed by atoms with Crippen LogP contribution in [-0.4, -0.2) is 9.36 Å². The molecule has 2 bridgehead atoms. The van der Waals surface area contributed by atoms with Gasteiger partial charge in [-0.3, -0.25) is 9.48 Å². The summed E-state index contributed by atoms with van der Waals surface area (Å²) in [6.07, 6.45) is 2.21. The minimum Gasteiger partial charge on any atom is -0.284 e. The fourth-order valence-corrected chi connectivity index (χ4v) is 5.31. The van der Waals surface area contributed by atoms with E-state index in [1.165, 1.54) is 5.69 Å². The fourth-order valence-electron chi connectivity index (χ4n) is 4.94. The second kappa shape index (κ2) is 4.46. The third-order valence-corrected chi connectivity index (χ3v) is 7.09. The number of rotatable bonds is 1. The zero-order valence-electron chi connectivity index (χ0n) is 13.8. The molecule has 1 saturated carbocycles. The van der Waals surface area contributed by atoms with E-state index in [2.05, 4.69) is 20.8 Å². The van der Waals surface area contributed by atoms with Crippen molar-refractivity contribution < 1.29 is 0 Å². The summed E-state index contributed by atoms with van der Waals surface area (Å²) in [6.45, 7) is 6.88. The Morgan fingerprint density at radius 2 is 1.91 bits per heavy atom. The number of hydrogen-bond donors (Lipinski definition) is 0. The summed E-state index contributed by atoms with van der Waals surface area (Å²) >= 11 is 12.5. The molecule has 0 amide bonds. The number of nitrogens with zero attached hydrogens (tertiary/aromatic N) is 2. The van der Waals surface area contributed by atoms with E-state index < -0.39 is 0 Å². The van der Waals surface area contributed by atoms with E-state index in [1.54, 1.807) is 22.9 Å². The van der Waals surface area contributed by atoms with E-state index in [4.69, 9.17) is 23.2 Å². The Morgan fingerprint density at radius 1 is 1.22 bits per heavy atom. The third-order valence-electron chi connectivity index (χ3n) is 6.54. The highest BCUT2D eigenvalue weighted by atomic mass is 35.5. The number of aromatic nitrogens is 2. The molecule has 1 aromatic carbocycles. The van der Waals surface area contributed by atoms with Crippen LogP contribution < -0.4 is 5.56 Å². The fraction of sp³-hybridized carbons (Fsp3) is 0.500. The standard InChI is InChI=1S/C18H20Cl2N2O/c1-17(2)11-7-8-18(17,3)15-14(11)16(23)22(21(15)4)13-9-10(19)5-6-12(13)20/h5-6,9,11H,7-8H2,1-4H3. The van der Waals surface area contributed by atoms with Gasteiger partial charge in [0.2, 0.25) is 0 Å². The van der Waals surface area contributed by atoms with Gasteiger partial charge in [0, 0.05) is 23.0 Å². The zero-order chi connectivity index (χ0) is 16.7. The van der Waals surface area contributed by atoms with E-state index in [9.17, 15) is 4.79 Å². The Balaban J connectivity index is 2.05. The third kappa shape index (κ3) is 1.65. The molecule has 2 aliphatic rings. The van der Waals surface area contributed by atoms with E-state index in [1.807, 2.05) is 11.7 Å². The molecule has 23 heavy (non-hydrogen) atoms. The molecule has 0 radical (unpaired) electrons. The van der Waals surface area contributed by atoms with Crippen LogP contribution >= 0.6 is 23.2 Å². The van der Waals surface area contributed by atoms with Crippen molar-refractivity contribution in [3.05, 3.63) is 49.9 Å². The van der Waals surface area contributed by atoms with Gasteiger partial charge in [-0.25, -0.2) is 4.68 Å². The minimum atomic E-state index is 0.0250. The van der Waals surface area contributed by atoms with Gasteiger partial charge in [0.1, 0.15) is 0 Å². The Hall–Kier alpha value is -1.19. The molecule has 2 aliphatic carbocycles. The molecule has 4 rings (SSSR count). The van der Waals surface area contributed by atoms with Crippen LogP contribution in [0.25, 0.3) is 5.69 Å². The lowest BCUT2D eigenvalue weighted by Gasteiger charge is -2.36. The van der Waals surface area contributed by atoms with Gasteiger partial charge in [0.05, 0.1) is 16.4 Å². The quantitative estimate of drug-likeness (QED) is 0.734. The van der Waals surface area contributed by atoms with Crippen molar-refractivity contribution in [1.82, 2.24) is 9.36 Å². The van der Waals surface area contributed by atoms with Crippen LogP contribution in [0.2, 0.25) is 10.0 Å². The maximum atomic E-state index is 13.2. The predicted octanol–water partition coefficient (Wildman–Crippen LogP) is 4.66. The first-order chi connectivity index (χ1) is 10.7. The molecule has 3 nitrogen and oxygen atoms in total. The lowest BCUT2D eigenvalue weighted by Crippen LogP contribution is -2.35. The molecule has 0 aliphatic heterocycles. The minimum absolute atomic E-state index is 0.0250. The van der Waals surface area contributed by atoms with Crippen molar-refractivity contribution >= 4 is 23.2 Å². The lowest BCUT2D eigenvalue weighted by molar-refractivity contribution is 0.218. The number of benzene rings is 1. The van der Waals surface area contributed by atoms with Gasteiger partial charge >= 0.3 is 0 Å². The van der Waals surface area contributed by atoms with Crippen molar-refractivity contribution in [2.45, 2.75) is 44.9 Å². The number of fused-ring (bicyclic) bond motifs is 5. The van der Waals surface area contributed by atoms with Crippen LogP contribution in [-0.2, 0) is 12.5 Å². The Morgan fingerprint density at radius 3 is 2.57 bits per heavy atom. The Bertz CT molecular complexity index is 893. The van der Waals surface area contributed by atoms with Crippen molar-refractivity contribution in [3.8, 4) is 5.69 Å². The van der Waals surface area contributed by atoms with Crippen LogP contribution in [0, 0.1) is 5.41 Å². The first-order valence-corrected chi connectivity index (χ1v) is 8.73. The van der Waals surface area contributed by atoms with E-state index >= 15 is 0 Å². The highest BCUT2D eigenvalue weighted by Gasteiger charge is 2.62. The van der Waals surface area contributed by atoms with Gasteiger partial charge < -0.3 is 0 Å². The SMILES string of the molecule is Cn1c2c(c(=O)n1-c1cc(Cl)ccc1Cl)C1CCC2(C)C1(C)C. The van der Waals surface area contributed by atoms with E-state index in [0.29, 0.717) is 21.7 Å². The van der Waals surface area contributed by atoms with Crippen LogP contribution in [0.3, 0.4) is 0 Å². The molecule has 5 heteroatoms. The summed E-state index contributed by atoms with van der Waals surface area (Å²) < 4.78 is 3.68. The zero-order valence-corrected chi connectivity index (χ0v) is 15.3. The largest absolute Gasteiger partial charge is 0.284 e. The molecular weight excluding hydrogens is 331 g/mol. The predicted molar refractivity (Wildman–Crippen MR) is 94.1 cm³/mol. The molecule has 1 heterocycles.